The molecular weight excluding hydrogens is 272 g/mol. The van der Waals surface area contributed by atoms with Gasteiger partial charge in [0.05, 0.1) is 18.3 Å². The molecule has 0 aliphatic rings. The standard InChI is InChI=1S/C15H18N2O4/c1-2-12-9-17-14(21-12)10-16-7-8-20-13-5-3-11(4-6-13)15(18)19/h3-6,9,16H,2,7-8,10H2,1H3,(H,18,19). The third kappa shape index (κ3) is 4.61. The molecule has 0 saturated heterocycles. The molecule has 2 rings (SSSR count). The van der Waals surface area contributed by atoms with Crippen LogP contribution in [0.1, 0.15) is 28.9 Å². The molecule has 1 aromatic heterocycles. The SMILES string of the molecule is CCc1cnc(CNCCOc2ccc(C(=O)O)cc2)o1. The Morgan fingerprint density at radius 3 is 2.76 bits per heavy atom. The van der Waals surface area contributed by atoms with Gasteiger partial charge in [-0.2, -0.15) is 0 Å². The summed E-state index contributed by atoms with van der Waals surface area (Å²) in [5, 5.41) is 11.9. The summed E-state index contributed by atoms with van der Waals surface area (Å²) < 4.78 is 11.0. The molecule has 6 nitrogen and oxygen atoms in total. The number of hydrogen-bond acceptors (Lipinski definition) is 5. The topological polar surface area (TPSA) is 84.6 Å². The molecule has 0 amide bonds. The Labute approximate surface area is 122 Å². The van der Waals surface area contributed by atoms with Gasteiger partial charge in [0.15, 0.2) is 0 Å². The van der Waals surface area contributed by atoms with Crippen LogP contribution >= 0.6 is 0 Å². The number of nitrogens with zero attached hydrogens (tertiary/aromatic N) is 1. The molecular formula is C15H18N2O4. The third-order valence-electron chi connectivity index (χ3n) is 2.87. The molecule has 112 valence electrons. The van der Waals surface area contributed by atoms with E-state index in [1.807, 2.05) is 6.92 Å². The van der Waals surface area contributed by atoms with Crippen molar-refractivity contribution in [3.63, 3.8) is 0 Å². The number of nitrogens with one attached hydrogen (secondary N) is 1. The van der Waals surface area contributed by atoms with Crippen LogP contribution in [0.4, 0.5) is 0 Å². The number of benzene rings is 1. The molecule has 0 aliphatic heterocycles. The Balaban J connectivity index is 1.66. The first-order valence-corrected chi connectivity index (χ1v) is 6.79. The number of aromatic carboxylic acids is 1. The van der Waals surface area contributed by atoms with Crippen molar-refractivity contribution >= 4 is 5.97 Å². The Hall–Kier alpha value is -2.34. The Kier molecular flexibility index (Phi) is 5.34. The molecule has 0 aliphatic carbocycles. The second kappa shape index (κ2) is 7.44. The summed E-state index contributed by atoms with van der Waals surface area (Å²) in [6, 6.07) is 6.32. The van der Waals surface area contributed by atoms with E-state index in [1.54, 1.807) is 18.3 Å². The van der Waals surface area contributed by atoms with Crippen LogP contribution < -0.4 is 10.1 Å². The van der Waals surface area contributed by atoms with E-state index in [-0.39, 0.29) is 5.56 Å². The van der Waals surface area contributed by atoms with E-state index in [9.17, 15) is 4.79 Å². The average Bonchev–Trinajstić information content (AvgIpc) is 2.95. The van der Waals surface area contributed by atoms with Crippen LogP contribution in [0.3, 0.4) is 0 Å². The maximum absolute atomic E-state index is 10.7. The minimum Gasteiger partial charge on any atom is -0.492 e. The lowest BCUT2D eigenvalue weighted by Crippen LogP contribution is -2.20. The van der Waals surface area contributed by atoms with Crippen LogP contribution in [-0.4, -0.2) is 29.2 Å². The summed E-state index contributed by atoms with van der Waals surface area (Å²) in [5.41, 5.74) is 0.246. The summed E-state index contributed by atoms with van der Waals surface area (Å²) in [4.78, 5) is 14.8. The lowest BCUT2D eigenvalue weighted by Gasteiger charge is -2.06. The zero-order valence-corrected chi connectivity index (χ0v) is 11.8. The average molecular weight is 290 g/mol. The van der Waals surface area contributed by atoms with Crippen LogP contribution in [0.2, 0.25) is 0 Å². The lowest BCUT2D eigenvalue weighted by atomic mass is 10.2. The smallest absolute Gasteiger partial charge is 0.335 e. The molecule has 0 spiro atoms. The molecule has 2 N–H and O–H groups in total. The number of aromatic nitrogens is 1. The van der Waals surface area contributed by atoms with Gasteiger partial charge in [0.1, 0.15) is 18.1 Å². The van der Waals surface area contributed by atoms with Crippen LogP contribution in [0.15, 0.2) is 34.9 Å². The van der Waals surface area contributed by atoms with E-state index in [2.05, 4.69) is 10.3 Å². The van der Waals surface area contributed by atoms with Gasteiger partial charge >= 0.3 is 5.97 Å². The van der Waals surface area contributed by atoms with Crippen LogP contribution in [-0.2, 0) is 13.0 Å². The fourth-order valence-corrected chi connectivity index (χ4v) is 1.72. The predicted molar refractivity (Wildman–Crippen MR) is 76.5 cm³/mol. The van der Waals surface area contributed by atoms with Crippen molar-refractivity contribution in [1.29, 1.82) is 0 Å². The summed E-state index contributed by atoms with van der Waals surface area (Å²) in [6.07, 6.45) is 2.57. The van der Waals surface area contributed by atoms with Gasteiger partial charge in [-0.15, -0.1) is 0 Å². The first kappa shape index (κ1) is 15.1. The number of rotatable bonds is 8. The van der Waals surface area contributed by atoms with Gasteiger partial charge in [-0.25, -0.2) is 9.78 Å². The number of ether oxygens (including phenoxy) is 1. The van der Waals surface area contributed by atoms with Crippen molar-refractivity contribution in [1.82, 2.24) is 10.3 Å². The van der Waals surface area contributed by atoms with Gasteiger partial charge < -0.3 is 19.6 Å². The second-order valence-corrected chi connectivity index (χ2v) is 4.43. The van der Waals surface area contributed by atoms with Gasteiger partial charge in [-0.05, 0) is 24.3 Å². The molecule has 0 saturated carbocycles. The Morgan fingerprint density at radius 2 is 2.14 bits per heavy atom. The molecule has 2 aromatic rings. The summed E-state index contributed by atoms with van der Waals surface area (Å²) in [7, 11) is 0. The molecule has 0 atom stereocenters. The maximum Gasteiger partial charge on any atom is 0.335 e. The van der Waals surface area contributed by atoms with Crippen LogP contribution in [0.5, 0.6) is 5.75 Å². The Bertz CT molecular complexity index is 578. The van der Waals surface area contributed by atoms with Crippen molar-refractivity contribution in [2.45, 2.75) is 19.9 Å². The Morgan fingerprint density at radius 1 is 1.38 bits per heavy atom. The maximum atomic E-state index is 10.7. The largest absolute Gasteiger partial charge is 0.492 e. The summed E-state index contributed by atoms with van der Waals surface area (Å²) in [6.45, 7) is 3.70. The van der Waals surface area contributed by atoms with E-state index in [4.69, 9.17) is 14.3 Å². The van der Waals surface area contributed by atoms with Gasteiger partial charge in [0.2, 0.25) is 5.89 Å². The molecule has 0 fully saturated rings. The van der Waals surface area contributed by atoms with E-state index in [0.717, 1.165) is 12.2 Å². The predicted octanol–water partition coefficient (Wildman–Crippen LogP) is 2.10. The highest BCUT2D eigenvalue weighted by molar-refractivity contribution is 5.87. The zero-order valence-electron chi connectivity index (χ0n) is 11.8. The van der Waals surface area contributed by atoms with E-state index < -0.39 is 5.97 Å². The van der Waals surface area contributed by atoms with Crippen molar-refractivity contribution in [3.8, 4) is 5.75 Å². The number of oxazole rings is 1. The monoisotopic (exact) mass is 290 g/mol. The summed E-state index contributed by atoms with van der Waals surface area (Å²) >= 11 is 0. The quantitative estimate of drug-likeness (QED) is 0.724. The molecule has 0 bridgehead atoms. The number of carboxylic acids is 1. The fourth-order valence-electron chi connectivity index (χ4n) is 1.72. The summed E-state index contributed by atoms with van der Waals surface area (Å²) in [5.74, 6) is 1.24. The molecule has 0 radical (unpaired) electrons. The highest BCUT2D eigenvalue weighted by Crippen LogP contribution is 2.11. The molecule has 21 heavy (non-hydrogen) atoms. The minimum atomic E-state index is -0.944. The molecule has 6 heteroatoms. The third-order valence-corrected chi connectivity index (χ3v) is 2.87. The molecule has 0 unspecified atom stereocenters. The first-order valence-electron chi connectivity index (χ1n) is 6.79. The molecule has 1 aromatic carbocycles. The highest BCUT2D eigenvalue weighted by Gasteiger charge is 2.03. The van der Waals surface area contributed by atoms with Crippen LogP contribution in [0, 0.1) is 0 Å². The van der Waals surface area contributed by atoms with E-state index in [0.29, 0.717) is 31.3 Å². The van der Waals surface area contributed by atoms with Crippen molar-refractivity contribution in [2.24, 2.45) is 0 Å². The normalized spacial score (nSPS) is 10.5. The molecule has 1 heterocycles. The van der Waals surface area contributed by atoms with Gasteiger partial charge in [0, 0.05) is 13.0 Å². The van der Waals surface area contributed by atoms with Gasteiger partial charge in [-0.1, -0.05) is 6.92 Å². The van der Waals surface area contributed by atoms with Crippen molar-refractivity contribution < 1.29 is 19.1 Å². The van der Waals surface area contributed by atoms with E-state index in [1.165, 1.54) is 12.1 Å². The fraction of sp³-hybridized carbons (Fsp3) is 0.333. The van der Waals surface area contributed by atoms with Crippen molar-refractivity contribution in [2.75, 3.05) is 13.2 Å². The van der Waals surface area contributed by atoms with Gasteiger partial charge in [-0.3, -0.25) is 0 Å². The second-order valence-electron chi connectivity index (χ2n) is 4.43. The zero-order chi connectivity index (χ0) is 15.1. The number of aryl methyl sites for hydroxylation is 1. The van der Waals surface area contributed by atoms with Crippen LogP contribution in [0.25, 0.3) is 0 Å². The number of carbonyl (C=O) groups is 1. The number of hydrogen-bond donors (Lipinski definition) is 2. The highest BCUT2D eigenvalue weighted by atomic mass is 16.5. The minimum absolute atomic E-state index is 0.246. The van der Waals surface area contributed by atoms with E-state index >= 15 is 0 Å². The first-order chi connectivity index (χ1) is 10.2. The van der Waals surface area contributed by atoms with Crippen molar-refractivity contribution in [3.05, 3.63) is 47.7 Å². The van der Waals surface area contributed by atoms with Gasteiger partial charge in [0.25, 0.3) is 0 Å². The number of carboxylic acid groups (broad SMARTS) is 1. The lowest BCUT2D eigenvalue weighted by molar-refractivity contribution is 0.0697.